The molecule has 0 bridgehead atoms. The van der Waals surface area contributed by atoms with E-state index in [1.165, 1.54) is 7.11 Å². The molecule has 1 aliphatic heterocycles. The Morgan fingerprint density at radius 2 is 2.18 bits per heavy atom. The molecule has 1 aliphatic rings. The molecule has 0 fully saturated rings. The summed E-state index contributed by atoms with van der Waals surface area (Å²) in [6, 6.07) is 5.31. The molecule has 1 heterocycles. The van der Waals surface area contributed by atoms with Gasteiger partial charge in [0.25, 0.3) is 0 Å². The molecule has 1 aromatic rings. The lowest BCUT2D eigenvalue weighted by atomic mass is 9.95. The van der Waals surface area contributed by atoms with Crippen LogP contribution in [0.4, 0.5) is 0 Å². The summed E-state index contributed by atoms with van der Waals surface area (Å²) in [4.78, 5) is 23.4. The zero-order chi connectivity index (χ0) is 16.1. The van der Waals surface area contributed by atoms with Crippen LogP contribution >= 0.6 is 0 Å². The van der Waals surface area contributed by atoms with Crippen LogP contribution in [-0.4, -0.2) is 38.7 Å². The molecule has 2 atom stereocenters. The van der Waals surface area contributed by atoms with E-state index in [9.17, 15) is 9.59 Å². The first kappa shape index (κ1) is 16.1. The predicted molar refractivity (Wildman–Crippen MR) is 79.9 cm³/mol. The van der Waals surface area contributed by atoms with Crippen molar-refractivity contribution in [3.8, 4) is 11.5 Å². The zero-order valence-electron chi connectivity index (χ0n) is 13.0. The lowest BCUT2D eigenvalue weighted by Gasteiger charge is -2.26. The maximum atomic E-state index is 12.2. The van der Waals surface area contributed by atoms with E-state index >= 15 is 0 Å². The molecule has 120 valence electrons. The minimum atomic E-state index is -0.342. The number of ether oxygens (including phenoxy) is 3. The molecule has 0 saturated heterocycles. The Hall–Kier alpha value is -2.24. The zero-order valence-corrected chi connectivity index (χ0v) is 13.0. The number of fused-ring (bicyclic) bond motifs is 1. The molecule has 2 unspecified atom stereocenters. The van der Waals surface area contributed by atoms with Gasteiger partial charge in [-0.2, -0.15) is 0 Å². The second-order valence-corrected chi connectivity index (χ2v) is 5.38. The maximum Gasteiger partial charge on any atom is 0.307 e. The smallest absolute Gasteiger partial charge is 0.307 e. The van der Waals surface area contributed by atoms with Crippen LogP contribution in [0.15, 0.2) is 18.2 Å². The van der Waals surface area contributed by atoms with Gasteiger partial charge in [-0.25, -0.2) is 0 Å². The van der Waals surface area contributed by atoms with Gasteiger partial charge in [0.1, 0.15) is 18.1 Å². The molecule has 0 spiro atoms. The third-order valence-electron chi connectivity index (χ3n) is 3.64. The van der Waals surface area contributed by atoms with Gasteiger partial charge in [-0.1, -0.05) is 6.07 Å². The van der Waals surface area contributed by atoms with Crippen molar-refractivity contribution in [3.63, 3.8) is 0 Å². The minimum absolute atomic E-state index is 0.113. The van der Waals surface area contributed by atoms with E-state index in [-0.39, 0.29) is 30.3 Å². The molecule has 1 aromatic carbocycles. The summed E-state index contributed by atoms with van der Waals surface area (Å²) in [5.74, 6) is 0.767. The molecule has 1 N–H and O–H groups in total. The molecular formula is C16H21NO5. The van der Waals surface area contributed by atoms with Gasteiger partial charge in [-0.05, 0) is 25.0 Å². The Bertz CT molecular complexity index is 557. The standard InChI is InChI=1S/C16H21NO5/c1-10(6-15(18)21-3)17-16(19)12-7-11-4-5-13(20-2)8-14(11)22-9-12/h4-5,8,10,12H,6-7,9H2,1-3H3,(H,17,19). The van der Waals surface area contributed by atoms with Crippen molar-refractivity contribution < 1.29 is 23.8 Å². The lowest BCUT2D eigenvalue weighted by molar-refractivity contribution is -0.141. The second kappa shape index (κ2) is 7.15. The Kier molecular flexibility index (Phi) is 5.25. The van der Waals surface area contributed by atoms with Crippen molar-refractivity contribution in [2.75, 3.05) is 20.8 Å². The van der Waals surface area contributed by atoms with Gasteiger partial charge in [0.2, 0.25) is 5.91 Å². The third-order valence-corrected chi connectivity index (χ3v) is 3.64. The summed E-state index contributed by atoms with van der Waals surface area (Å²) in [6.45, 7) is 2.09. The van der Waals surface area contributed by atoms with Crippen LogP contribution in [0.1, 0.15) is 18.9 Å². The van der Waals surface area contributed by atoms with Crippen molar-refractivity contribution in [1.29, 1.82) is 0 Å². The number of benzene rings is 1. The van der Waals surface area contributed by atoms with Crippen molar-refractivity contribution in [3.05, 3.63) is 23.8 Å². The second-order valence-electron chi connectivity index (χ2n) is 5.38. The first-order valence-corrected chi connectivity index (χ1v) is 7.20. The molecule has 0 radical (unpaired) electrons. The lowest BCUT2D eigenvalue weighted by Crippen LogP contribution is -2.42. The number of amides is 1. The molecule has 6 heteroatoms. The molecule has 0 saturated carbocycles. The van der Waals surface area contributed by atoms with E-state index in [1.807, 2.05) is 18.2 Å². The van der Waals surface area contributed by atoms with E-state index in [0.29, 0.717) is 13.0 Å². The Labute approximate surface area is 129 Å². The normalized spacial score (nSPS) is 17.7. The number of carbonyl (C=O) groups is 2. The van der Waals surface area contributed by atoms with E-state index in [4.69, 9.17) is 9.47 Å². The molecule has 0 aliphatic carbocycles. The third kappa shape index (κ3) is 3.90. The summed E-state index contributed by atoms with van der Waals surface area (Å²) >= 11 is 0. The van der Waals surface area contributed by atoms with Crippen molar-refractivity contribution >= 4 is 11.9 Å². The number of hydrogen-bond acceptors (Lipinski definition) is 5. The summed E-state index contributed by atoms with van der Waals surface area (Å²) in [5.41, 5.74) is 0.979. The average Bonchev–Trinajstić information content (AvgIpc) is 2.53. The van der Waals surface area contributed by atoms with Crippen molar-refractivity contribution in [2.45, 2.75) is 25.8 Å². The van der Waals surface area contributed by atoms with E-state index in [2.05, 4.69) is 10.1 Å². The fourth-order valence-corrected chi connectivity index (χ4v) is 2.39. The first-order chi connectivity index (χ1) is 10.5. The molecule has 1 amide bonds. The van der Waals surface area contributed by atoms with Gasteiger partial charge in [0.15, 0.2) is 0 Å². The fourth-order valence-electron chi connectivity index (χ4n) is 2.39. The molecule has 0 aromatic heterocycles. The number of hydrogen-bond donors (Lipinski definition) is 1. The summed E-state index contributed by atoms with van der Waals surface area (Å²) in [5, 5.41) is 2.82. The number of nitrogens with one attached hydrogen (secondary N) is 1. The van der Waals surface area contributed by atoms with Crippen LogP contribution in [0.25, 0.3) is 0 Å². The fraction of sp³-hybridized carbons (Fsp3) is 0.500. The minimum Gasteiger partial charge on any atom is -0.497 e. The van der Waals surface area contributed by atoms with Crippen LogP contribution in [0.3, 0.4) is 0 Å². The van der Waals surface area contributed by atoms with Gasteiger partial charge < -0.3 is 19.5 Å². The van der Waals surface area contributed by atoms with Gasteiger partial charge >= 0.3 is 5.97 Å². The number of carbonyl (C=O) groups excluding carboxylic acids is 2. The highest BCUT2D eigenvalue weighted by atomic mass is 16.5. The van der Waals surface area contributed by atoms with E-state index in [1.54, 1.807) is 14.0 Å². The highest BCUT2D eigenvalue weighted by Gasteiger charge is 2.27. The van der Waals surface area contributed by atoms with Crippen molar-refractivity contribution in [1.82, 2.24) is 5.32 Å². The highest BCUT2D eigenvalue weighted by Crippen LogP contribution is 2.31. The quantitative estimate of drug-likeness (QED) is 0.830. The Morgan fingerprint density at radius 3 is 2.86 bits per heavy atom. The Morgan fingerprint density at radius 1 is 1.41 bits per heavy atom. The molecular weight excluding hydrogens is 286 g/mol. The highest BCUT2D eigenvalue weighted by molar-refractivity contribution is 5.80. The van der Waals surface area contributed by atoms with Crippen LogP contribution in [0.5, 0.6) is 11.5 Å². The summed E-state index contributed by atoms with van der Waals surface area (Å²) in [6.07, 6.45) is 0.764. The molecule has 22 heavy (non-hydrogen) atoms. The van der Waals surface area contributed by atoms with Crippen LogP contribution < -0.4 is 14.8 Å². The topological polar surface area (TPSA) is 73.9 Å². The van der Waals surface area contributed by atoms with Crippen molar-refractivity contribution in [2.24, 2.45) is 5.92 Å². The summed E-state index contributed by atoms with van der Waals surface area (Å²) < 4.78 is 15.4. The number of methoxy groups -OCH3 is 2. The van der Waals surface area contributed by atoms with Gasteiger partial charge in [0.05, 0.1) is 26.6 Å². The van der Waals surface area contributed by atoms with E-state index < -0.39 is 0 Å². The van der Waals surface area contributed by atoms with Gasteiger partial charge in [-0.3, -0.25) is 9.59 Å². The molecule has 6 nitrogen and oxygen atoms in total. The number of esters is 1. The van der Waals surface area contributed by atoms with Crippen LogP contribution in [-0.2, 0) is 20.7 Å². The monoisotopic (exact) mass is 307 g/mol. The van der Waals surface area contributed by atoms with Gasteiger partial charge in [-0.15, -0.1) is 0 Å². The van der Waals surface area contributed by atoms with E-state index in [0.717, 1.165) is 17.1 Å². The summed E-state index contributed by atoms with van der Waals surface area (Å²) in [7, 11) is 2.93. The van der Waals surface area contributed by atoms with Gasteiger partial charge in [0, 0.05) is 12.1 Å². The maximum absolute atomic E-state index is 12.2. The molecule has 2 rings (SSSR count). The average molecular weight is 307 g/mol. The Balaban J connectivity index is 1.94. The predicted octanol–water partition coefficient (Wildman–Crippen LogP) is 1.31. The van der Waals surface area contributed by atoms with Crippen LogP contribution in [0, 0.1) is 5.92 Å². The number of rotatable bonds is 5. The largest absolute Gasteiger partial charge is 0.497 e. The SMILES string of the molecule is COC(=O)CC(C)NC(=O)C1COc2cc(OC)ccc2C1. The van der Waals surface area contributed by atoms with Crippen LogP contribution in [0.2, 0.25) is 0 Å². The first-order valence-electron chi connectivity index (χ1n) is 7.20.